The van der Waals surface area contributed by atoms with Crippen molar-refractivity contribution in [1.29, 1.82) is 0 Å². The van der Waals surface area contributed by atoms with E-state index in [1.165, 1.54) is 11.1 Å². The first-order valence-corrected chi connectivity index (χ1v) is 7.74. The zero-order valence-corrected chi connectivity index (χ0v) is 13.0. The van der Waals surface area contributed by atoms with Crippen LogP contribution in [0.15, 0.2) is 54.6 Å². The number of aromatic hydroxyl groups is 1. The van der Waals surface area contributed by atoms with Crippen LogP contribution in [-0.4, -0.2) is 17.6 Å². The molecule has 1 unspecified atom stereocenters. The first kappa shape index (κ1) is 16.1. The van der Waals surface area contributed by atoms with Crippen LogP contribution < -0.4 is 5.32 Å². The van der Waals surface area contributed by atoms with Gasteiger partial charge in [-0.2, -0.15) is 0 Å². The number of carbonyl (C=O) groups excluding carboxylic acids is 1. The highest BCUT2D eigenvalue weighted by Gasteiger charge is 2.10. The average molecular weight is 297 g/mol. The van der Waals surface area contributed by atoms with Gasteiger partial charge in [0.05, 0.1) is 0 Å². The summed E-state index contributed by atoms with van der Waals surface area (Å²) in [6.45, 7) is 2.76. The number of benzene rings is 2. The van der Waals surface area contributed by atoms with Crippen molar-refractivity contribution in [2.75, 3.05) is 6.54 Å². The lowest BCUT2D eigenvalue weighted by atomic mass is 9.97. The van der Waals surface area contributed by atoms with Crippen LogP contribution in [0.3, 0.4) is 0 Å². The van der Waals surface area contributed by atoms with Crippen molar-refractivity contribution in [3.8, 4) is 5.75 Å². The molecule has 0 fully saturated rings. The number of aryl methyl sites for hydroxylation is 1. The largest absolute Gasteiger partial charge is 0.508 e. The molecule has 3 nitrogen and oxygen atoms in total. The predicted octanol–water partition coefficient (Wildman–Crippen LogP) is 3.63. The summed E-state index contributed by atoms with van der Waals surface area (Å²) in [6, 6.07) is 17.3. The smallest absolute Gasteiger partial charge is 0.220 e. The molecule has 1 atom stereocenters. The van der Waals surface area contributed by atoms with Gasteiger partial charge in [-0.15, -0.1) is 0 Å². The quantitative estimate of drug-likeness (QED) is 0.767. The van der Waals surface area contributed by atoms with Crippen molar-refractivity contribution in [3.05, 3.63) is 65.7 Å². The van der Waals surface area contributed by atoms with Gasteiger partial charge in [-0.25, -0.2) is 0 Å². The summed E-state index contributed by atoms with van der Waals surface area (Å²) >= 11 is 0. The van der Waals surface area contributed by atoms with Gasteiger partial charge >= 0.3 is 0 Å². The van der Waals surface area contributed by atoms with Crippen LogP contribution in [0, 0.1) is 0 Å². The molecule has 2 rings (SSSR count). The lowest BCUT2D eigenvalue weighted by Gasteiger charge is -2.12. The molecule has 3 heteroatoms. The van der Waals surface area contributed by atoms with Crippen LogP contribution in [-0.2, 0) is 11.2 Å². The number of hydrogen-bond donors (Lipinski definition) is 2. The monoisotopic (exact) mass is 297 g/mol. The summed E-state index contributed by atoms with van der Waals surface area (Å²) in [6.07, 6.45) is 2.31. The normalized spacial score (nSPS) is 11.9. The van der Waals surface area contributed by atoms with Gasteiger partial charge in [0.15, 0.2) is 0 Å². The fourth-order valence-corrected chi connectivity index (χ4v) is 2.43. The molecule has 0 aromatic heterocycles. The number of phenols is 1. The van der Waals surface area contributed by atoms with E-state index in [9.17, 15) is 9.90 Å². The number of phenolic OH excluding ortho intramolecular Hbond substituents is 1. The van der Waals surface area contributed by atoms with E-state index >= 15 is 0 Å². The van der Waals surface area contributed by atoms with Crippen molar-refractivity contribution in [3.63, 3.8) is 0 Å². The van der Waals surface area contributed by atoms with Crippen molar-refractivity contribution in [1.82, 2.24) is 5.32 Å². The molecule has 0 saturated heterocycles. The lowest BCUT2D eigenvalue weighted by Crippen LogP contribution is -2.25. The SMILES string of the molecule is CC(CC(=O)NCCCc1ccc(O)cc1)c1ccccc1. The Kier molecular flexibility index (Phi) is 6.01. The Bertz CT molecular complexity index is 578. The third kappa shape index (κ3) is 5.24. The molecule has 22 heavy (non-hydrogen) atoms. The Labute approximate surface area is 132 Å². The number of rotatable bonds is 7. The first-order valence-electron chi connectivity index (χ1n) is 7.74. The van der Waals surface area contributed by atoms with Crippen LogP contribution in [0.4, 0.5) is 0 Å². The van der Waals surface area contributed by atoms with Gasteiger partial charge in [-0.05, 0) is 42.0 Å². The highest BCUT2D eigenvalue weighted by atomic mass is 16.3. The third-order valence-electron chi connectivity index (χ3n) is 3.76. The predicted molar refractivity (Wildman–Crippen MR) is 88.9 cm³/mol. The average Bonchev–Trinajstić information content (AvgIpc) is 2.54. The summed E-state index contributed by atoms with van der Waals surface area (Å²) in [4.78, 5) is 11.9. The molecule has 0 aliphatic heterocycles. The molecule has 0 saturated carbocycles. The van der Waals surface area contributed by atoms with Crippen LogP contribution in [0.2, 0.25) is 0 Å². The summed E-state index contributed by atoms with van der Waals surface area (Å²) in [5.74, 6) is 0.618. The van der Waals surface area contributed by atoms with E-state index in [4.69, 9.17) is 0 Å². The molecule has 0 aliphatic carbocycles. The minimum atomic E-state index is 0.0991. The van der Waals surface area contributed by atoms with Crippen LogP contribution in [0.5, 0.6) is 5.75 Å². The molecule has 2 aromatic carbocycles. The number of amides is 1. The van der Waals surface area contributed by atoms with Gasteiger partial charge < -0.3 is 10.4 Å². The minimum Gasteiger partial charge on any atom is -0.508 e. The molecular formula is C19H23NO2. The second-order valence-corrected chi connectivity index (χ2v) is 5.64. The highest BCUT2D eigenvalue weighted by Crippen LogP contribution is 2.18. The van der Waals surface area contributed by atoms with E-state index in [1.807, 2.05) is 30.3 Å². The highest BCUT2D eigenvalue weighted by molar-refractivity contribution is 5.76. The van der Waals surface area contributed by atoms with Crippen molar-refractivity contribution in [2.24, 2.45) is 0 Å². The standard InChI is InChI=1S/C19H23NO2/c1-15(17-7-3-2-4-8-17)14-19(22)20-13-5-6-16-9-11-18(21)12-10-16/h2-4,7-12,15,21H,5-6,13-14H2,1H3,(H,20,22). The Morgan fingerprint density at radius 1 is 1.09 bits per heavy atom. The van der Waals surface area contributed by atoms with Gasteiger partial charge in [-0.3, -0.25) is 4.79 Å². The van der Waals surface area contributed by atoms with E-state index in [0.717, 1.165) is 12.8 Å². The van der Waals surface area contributed by atoms with E-state index in [2.05, 4.69) is 24.4 Å². The Hall–Kier alpha value is -2.29. The fraction of sp³-hybridized carbons (Fsp3) is 0.316. The van der Waals surface area contributed by atoms with E-state index in [1.54, 1.807) is 12.1 Å². The van der Waals surface area contributed by atoms with Gasteiger partial charge in [0.25, 0.3) is 0 Å². The Balaban J connectivity index is 1.66. The molecule has 0 spiro atoms. The molecule has 0 bridgehead atoms. The minimum absolute atomic E-state index is 0.0991. The molecule has 1 amide bonds. The second-order valence-electron chi connectivity index (χ2n) is 5.64. The maximum atomic E-state index is 11.9. The zero-order chi connectivity index (χ0) is 15.8. The number of carbonyl (C=O) groups is 1. The van der Waals surface area contributed by atoms with E-state index < -0.39 is 0 Å². The maximum absolute atomic E-state index is 11.9. The summed E-state index contributed by atoms with van der Waals surface area (Å²) in [5, 5.41) is 12.2. The third-order valence-corrected chi connectivity index (χ3v) is 3.76. The van der Waals surface area contributed by atoms with Crippen molar-refractivity contribution >= 4 is 5.91 Å². The maximum Gasteiger partial charge on any atom is 0.220 e. The van der Waals surface area contributed by atoms with Crippen LogP contribution in [0.1, 0.15) is 36.8 Å². The second kappa shape index (κ2) is 8.23. The first-order chi connectivity index (χ1) is 10.6. The Morgan fingerprint density at radius 2 is 1.77 bits per heavy atom. The van der Waals surface area contributed by atoms with Crippen molar-refractivity contribution in [2.45, 2.75) is 32.1 Å². The Morgan fingerprint density at radius 3 is 2.45 bits per heavy atom. The molecule has 0 radical (unpaired) electrons. The van der Waals surface area contributed by atoms with Crippen LogP contribution >= 0.6 is 0 Å². The summed E-state index contributed by atoms with van der Waals surface area (Å²) in [7, 11) is 0. The summed E-state index contributed by atoms with van der Waals surface area (Å²) < 4.78 is 0. The molecule has 0 heterocycles. The zero-order valence-electron chi connectivity index (χ0n) is 13.0. The number of nitrogens with one attached hydrogen (secondary N) is 1. The molecular weight excluding hydrogens is 274 g/mol. The van der Waals surface area contributed by atoms with Crippen LogP contribution in [0.25, 0.3) is 0 Å². The topological polar surface area (TPSA) is 49.3 Å². The van der Waals surface area contributed by atoms with Gasteiger partial charge in [0.1, 0.15) is 5.75 Å². The molecule has 0 aliphatic rings. The van der Waals surface area contributed by atoms with Gasteiger partial charge in [0.2, 0.25) is 5.91 Å². The summed E-state index contributed by atoms with van der Waals surface area (Å²) in [5.41, 5.74) is 2.37. The number of hydrogen-bond acceptors (Lipinski definition) is 2. The fourth-order valence-electron chi connectivity index (χ4n) is 2.43. The van der Waals surface area contributed by atoms with Crippen molar-refractivity contribution < 1.29 is 9.90 Å². The molecule has 2 N–H and O–H groups in total. The van der Waals surface area contributed by atoms with E-state index in [-0.39, 0.29) is 17.6 Å². The molecule has 2 aromatic rings. The molecule has 116 valence electrons. The lowest BCUT2D eigenvalue weighted by molar-refractivity contribution is -0.121. The van der Waals surface area contributed by atoms with Gasteiger partial charge in [-0.1, -0.05) is 49.4 Å². The van der Waals surface area contributed by atoms with Gasteiger partial charge in [0, 0.05) is 13.0 Å². The van der Waals surface area contributed by atoms with E-state index in [0.29, 0.717) is 13.0 Å².